The van der Waals surface area contributed by atoms with Gasteiger partial charge in [0.1, 0.15) is 5.75 Å². The van der Waals surface area contributed by atoms with E-state index in [0.717, 1.165) is 17.5 Å². The highest BCUT2D eigenvalue weighted by Crippen LogP contribution is 2.24. The second-order valence-electron chi connectivity index (χ2n) is 6.69. The molecule has 0 saturated heterocycles. The molecule has 6 heteroatoms. The Morgan fingerprint density at radius 3 is 2.30 bits per heavy atom. The van der Waals surface area contributed by atoms with Gasteiger partial charge in [0, 0.05) is 16.8 Å². The molecular weight excluding hydrogens is 378 g/mol. The highest BCUT2D eigenvalue weighted by atomic mass is 16.5. The fraction of sp³-hybridized carbons (Fsp3) is 0.125. The molecule has 1 heterocycles. The Hall–Kier alpha value is -3.93. The van der Waals surface area contributed by atoms with Crippen molar-refractivity contribution in [2.45, 2.75) is 13.3 Å². The van der Waals surface area contributed by atoms with Crippen molar-refractivity contribution in [1.82, 2.24) is 10.2 Å². The number of nitrogens with zero attached hydrogens (tertiary/aromatic N) is 2. The predicted octanol–water partition coefficient (Wildman–Crippen LogP) is 4.98. The summed E-state index contributed by atoms with van der Waals surface area (Å²) >= 11 is 0. The molecule has 0 spiro atoms. The largest absolute Gasteiger partial charge is 0.484 e. The average Bonchev–Trinajstić information content (AvgIpc) is 3.29. The van der Waals surface area contributed by atoms with E-state index < -0.39 is 0 Å². The van der Waals surface area contributed by atoms with Crippen LogP contribution in [0.4, 0.5) is 5.69 Å². The Morgan fingerprint density at radius 2 is 1.60 bits per heavy atom. The van der Waals surface area contributed by atoms with E-state index in [1.165, 1.54) is 5.56 Å². The molecule has 1 aromatic heterocycles. The molecule has 0 bridgehead atoms. The highest BCUT2D eigenvalue weighted by Gasteiger charge is 2.11. The third kappa shape index (κ3) is 4.72. The van der Waals surface area contributed by atoms with Crippen LogP contribution in [-0.4, -0.2) is 22.7 Å². The van der Waals surface area contributed by atoms with Gasteiger partial charge in [-0.3, -0.25) is 4.79 Å². The van der Waals surface area contributed by atoms with Crippen molar-refractivity contribution in [2.24, 2.45) is 0 Å². The number of nitrogens with one attached hydrogen (secondary N) is 1. The van der Waals surface area contributed by atoms with Gasteiger partial charge in [-0.2, -0.15) is 0 Å². The smallest absolute Gasteiger partial charge is 0.262 e. The molecule has 1 N–H and O–H groups in total. The van der Waals surface area contributed by atoms with Crippen LogP contribution in [0.25, 0.3) is 22.9 Å². The number of aromatic nitrogens is 2. The van der Waals surface area contributed by atoms with Gasteiger partial charge in [0.2, 0.25) is 11.8 Å². The van der Waals surface area contributed by atoms with Crippen molar-refractivity contribution in [1.29, 1.82) is 0 Å². The fourth-order valence-electron chi connectivity index (χ4n) is 2.93. The zero-order valence-corrected chi connectivity index (χ0v) is 16.5. The summed E-state index contributed by atoms with van der Waals surface area (Å²) in [7, 11) is 0. The third-order valence-corrected chi connectivity index (χ3v) is 4.54. The normalized spacial score (nSPS) is 10.6. The average molecular weight is 399 g/mol. The first-order valence-corrected chi connectivity index (χ1v) is 9.72. The Morgan fingerprint density at radius 1 is 0.900 bits per heavy atom. The summed E-state index contributed by atoms with van der Waals surface area (Å²) in [5.41, 5.74) is 3.47. The molecule has 0 aliphatic rings. The summed E-state index contributed by atoms with van der Waals surface area (Å²) < 4.78 is 11.3. The number of hydrogen-bond donors (Lipinski definition) is 1. The Balaban J connectivity index is 1.35. The van der Waals surface area contributed by atoms with Crippen molar-refractivity contribution in [3.8, 4) is 28.7 Å². The van der Waals surface area contributed by atoms with Crippen LogP contribution in [0.15, 0.2) is 83.3 Å². The summed E-state index contributed by atoms with van der Waals surface area (Å²) in [5.74, 6) is 1.34. The van der Waals surface area contributed by atoms with Crippen LogP contribution in [0.2, 0.25) is 0 Å². The molecule has 0 fully saturated rings. The number of benzene rings is 3. The van der Waals surface area contributed by atoms with Crippen molar-refractivity contribution >= 4 is 11.6 Å². The number of carbonyl (C=O) groups excluding carboxylic acids is 1. The molecular formula is C24H21N3O3. The molecule has 0 radical (unpaired) electrons. The minimum atomic E-state index is -0.228. The number of rotatable bonds is 7. The number of aryl methyl sites for hydroxylation is 1. The molecule has 4 rings (SSSR count). The first-order valence-electron chi connectivity index (χ1n) is 9.72. The third-order valence-electron chi connectivity index (χ3n) is 4.54. The molecule has 4 aromatic rings. The van der Waals surface area contributed by atoms with Gasteiger partial charge in [-0.25, -0.2) is 0 Å². The van der Waals surface area contributed by atoms with E-state index in [1.807, 2.05) is 66.7 Å². The maximum atomic E-state index is 12.2. The topological polar surface area (TPSA) is 77.2 Å². The van der Waals surface area contributed by atoms with Crippen LogP contribution >= 0.6 is 0 Å². The molecule has 0 aliphatic carbocycles. The van der Waals surface area contributed by atoms with Crippen molar-refractivity contribution in [3.05, 3.63) is 84.4 Å². The van der Waals surface area contributed by atoms with E-state index in [1.54, 1.807) is 12.1 Å². The van der Waals surface area contributed by atoms with Gasteiger partial charge in [-0.15, -0.1) is 10.2 Å². The highest BCUT2D eigenvalue weighted by molar-refractivity contribution is 5.92. The van der Waals surface area contributed by atoms with E-state index in [2.05, 4.69) is 22.4 Å². The zero-order valence-electron chi connectivity index (χ0n) is 16.5. The SMILES string of the molecule is CCc1cccc(OCC(=O)Nc2ccc(-c3nnc(-c4ccccc4)o3)cc2)c1. The lowest BCUT2D eigenvalue weighted by molar-refractivity contribution is -0.118. The van der Waals surface area contributed by atoms with E-state index in [9.17, 15) is 4.79 Å². The van der Waals surface area contributed by atoms with E-state index in [-0.39, 0.29) is 12.5 Å². The van der Waals surface area contributed by atoms with Crippen molar-refractivity contribution in [2.75, 3.05) is 11.9 Å². The van der Waals surface area contributed by atoms with Crippen LogP contribution in [0.5, 0.6) is 5.75 Å². The molecule has 30 heavy (non-hydrogen) atoms. The molecule has 0 unspecified atom stereocenters. The molecule has 0 saturated carbocycles. The Labute approximate surface area is 174 Å². The van der Waals surface area contributed by atoms with Crippen molar-refractivity contribution in [3.63, 3.8) is 0 Å². The number of carbonyl (C=O) groups is 1. The van der Waals surface area contributed by atoms with Crippen molar-refractivity contribution < 1.29 is 13.9 Å². The molecule has 0 atom stereocenters. The minimum absolute atomic E-state index is 0.0565. The lowest BCUT2D eigenvalue weighted by Crippen LogP contribution is -2.20. The second kappa shape index (κ2) is 9.05. The maximum absolute atomic E-state index is 12.2. The number of amides is 1. The van der Waals surface area contributed by atoms with Gasteiger partial charge >= 0.3 is 0 Å². The lowest BCUT2D eigenvalue weighted by Gasteiger charge is -2.08. The number of anilines is 1. The molecule has 6 nitrogen and oxygen atoms in total. The van der Waals surface area contributed by atoms with Crippen LogP contribution in [-0.2, 0) is 11.2 Å². The molecule has 150 valence electrons. The van der Waals surface area contributed by atoms with E-state index >= 15 is 0 Å². The molecule has 1 amide bonds. The summed E-state index contributed by atoms with van der Waals surface area (Å²) in [6, 6.07) is 24.6. The van der Waals surface area contributed by atoms with Crippen LogP contribution in [0.1, 0.15) is 12.5 Å². The quantitative estimate of drug-likeness (QED) is 0.474. The van der Waals surface area contributed by atoms with Gasteiger partial charge in [0.15, 0.2) is 6.61 Å². The van der Waals surface area contributed by atoms with Gasteiger partial charge in [-0.1, -0.05) is 37.3 Å². The van der Waals surface area contributed by atoms with E-state index in [0.29, 0.717) is 23.2 Å². The van der Waals surface area contributed by atoms with Gasteiger partial charge in [0.25, 0.3) is 5.91 Å². The fourth-order valence-corrected chi connectivity index (χ4v) is 2.93. The van der Waals surface area contributed by atoms with Crippen LogP contribution in [0.3, 0.4) is 0 Å². The maximum Gasteiger partial charge on any atom is 0.262 e. The van der Waals surface area contributed by atoms with Gasteiger partial charge < -0.3 is 14.5 Å². The van der Waals surface area contributed by atoms with E-state index in [4.69, 9.17) is 9.15 Å². The number of hydrogen-bond acceptors (Lipinski definition) is 5. The summed E-state index contributed by atoms with van der Waals surface area (Å²) in [4.78, 5) is 12.2. The molecule has 0 aliphatic heterocycles. The Kier molecular flexibility index (Phi) is 5.85. The number of ether oxygens (including phenoxy) is 1. The summed E-state index contributed by atoms with van der Waals surface area (Å²) in [5, 5.41) is 11.0. The molecule has 3 aromatic carbocycles. The second-order valence-corrected chi connectivity index (χ2v) is 6.69. The predicted molar refractivity (Wildman–Crippen MR) is 115 cm³/mol. The standard InChI is InChI=1S/C24H21N3O3/c1-2-17-7-6-10-21(15-17)29-16-22(28)25-20-13-11-19(12-14-20)24-27-26-23(30-24)18-8-4-3-5-9-18/h3-15H,2,16H2,1H3,(H,25,28). The summed E-state index contributed by atoms with van der Waals surface area (Å²) in [6.45, 7) is 2.02. The zero-order chi connectivity index (χ0) is 20.8. The minimum Gasteiger partial charge on any atom is -0.484 e. The Bertz CT molecular complexity index is 1120. The lowest BCUT2D eigenvalue weighted by atomic mass is 10.2. The van der Waals surface area contributed by atoms with Gasteiger partial charge in [0.05, 0.1) is 0 Å². The monoisotopic (exact) mass is 399 g/mol. The van der Waals surface area contributed by atoms with Crippen LogP contribution in [0, 0.1) is 0 Å². The van der Waals surface area contributed by atoms with Crippen LogP contribution < -0.4 is 10.1 Å². The first kappa shape index (κ1) is 19.4. The summed E-state index contributed by atoms with van der Waals surface area (Å²) in [6.07, 6.45) is 0.919. The first-order chi connectivity index (χ1) is 14.7. The van der Waals surface area contributed by atoms with Gasteiger partial charge in [-0.05, 0) is 60.5 Å².